The Morgan fingerprint density at radius 3 is 2.44 bits per heavy atom. The van der Waals surface area contributed by atoms with Crippen molar-refractivity contribution in [2.45, 2.75) is 25.5 Å². The fourth-order valence-electron chi connectivity index (χ4n) is 3.71. The predicted octanol–water partition coefficient (Wildman–Crippen LogP) is 4.99. The molecule has 0 aliphatic heterocycles. The molecule has 1 aromatic carbocycles. The minimum Gasteiger partial charge on any atom is -0.464 e. The summed E-state index contributed by atoms with van der Waals surface area (Å²) < 4.78 is 17.0. The SMILES string of the molecule is C=CCn1c(SCC(=O)Nc2cc(C(=O)OCC)cc(C(=O)OCC)c2)nc2scc(-c3ccco3)c2c1=O. The third kappa shape index (κ3) is 6.29. The van der Waals surface area contributed by atoms with Crippen LogP contribution in [-0.4, -0.2) is 46.4 Å². The quantitative estimate of drug-likeness (QED) is 0.115. The summed E-state index contributed by atoms with van der Waals surface area (Å²) in [6.45, 7) is 7.56. The maximum atomic E-state index is 13.4. The molecular weight excluding hydrogens is 542 g/mol. The lowest BCUT2D eigenvalue weighted by molar-refractivity contribution is -0.113. The van der Waals surface area contributed by atoms with E-state index >= 15 is 0 Å². The van der Waals surface area contributed by atoms with Crippen molar-refractivity contribution >= 4 is 56.8 Å². The summed E-state index contributed by atoms with van der Waals surface area (Å²) in [4.78, 5) is 56.0. The highest BCUT2D eigenvalue weighted by Crippen LogP contribution is 2.32. The topological polar surface area (TPSA) is 130 Å². The van der Waals surface area contributed by atoms with Gasteiger partial charge in [0.05, 0.1) is 41.7 Å². The lowest BCUT2D eigenvalue weighted by Gasteiger charge is -2.12. The molecule has 0 spiro atoms. The molecule has 12 heteroatoms. The molecule has 202 valence electrons. The van der Waals surface area contributed by atoms with E-state index in [4.69, 9.17) is 13.9 Å². The summed E-state index contributed by atoms with van der Waals surface area (Å²) in [5.74, 6) is -1.23. The molecule has 4 rings (SSSR count). The van der Waals surface area contributed by atoms with Crippen LogP contribution in [0.5, 0.6) is 0 Å². The van der Waals surface area contributed by atoms with Crippen molar-refractivity contribution in [1.29, 1.82) is 0 Å². The Labute approximate surface area is 231 Å². The van der Waals surface area contributed by atoms with Gasteiger partial charge in [0.2, 0.25) is 5.91 Å². The molecular formula is C27H25N3O7S2. The van der Waals surface area contributed by atoms with E-state index in [2.05, 4.69) is 16.9 Å². The number of rotatable bonds is 11. The van der Waals surface area contributed by atoms with Gasteiger partial charge >= 0.3 is 11.9 Å². The van der Waals surface area contributed by atoms with Crippen LogP contribution in [0.4, 0.5) is 5.69 Å². The Bertz CT molecular complexity index is 1550. The first-order chi connectivity index (χ1) is 18.9. The zero-order valence-electron chi connectivity index (χ0n) is 21.2. The van der Waals surface area contributed by atoms with E-state index in [0.29, 0.717) is 26.7 Å². The minimum absolute atomic E-state index is 0.0934. The standard InChI is InChI=1S/C27H25N3O7S2/c1-4-9-30-24(32)22-19(20-8-7-10-37-20)14-38-23(22)29-27(30)39-15-21(31)28-18-12-16(25(33)35-5-2)11-17(13-18)26(34)36-6-3/h4,7-8,10-14H,1,5-6,9,15H2,2-3H3,(H,28,31). The van der Waals surface area contributed by atoms with Gasteiger partial charge < -0.3 is 19.2 Å². The van der Waals surface area contributed by atoms with Crippen LogP contribution in [0.25, 0.3) is 21.5 Å². The normalized spacial score (nSPS) is 10.8. The van der Waals surface area contributed by atoms with Crippen molar-refractivity contribution in [1.82, 2.24) is 9.55 Å². The number of nitrogens with one attached hydrogen (secondary N) is 1. The molecule has 39 heavy (non-hydrogen) atoms. The average molecular weight is 568 g/mol. The smallest absolute Gasteiger partial charge is 0.338 e. The highest BCUT2D eigenvalue weighted by Gasteiger charge is 2.20. The van der Waals surface area contributed by atoms with Crippen LogP contribution in [0.3, 0.4) is 0 Å². The van der Waals surface area contributed by atoms with E-state index in [0.717, 1.165) is 11.8 Å². The molecule has 1 amide bonds. The number of fused-ring (bicyclic) bond motifs is 1. The molecule has 10 nitrogen and oxygen atoms in total. The number of carbonyl (C=O) groups excluding carboxylic acids is 3. The van der Waals surface area contributed by atoms with Crippen molar-refractivity contribution in [2.24, 2.45) is 0 Å². The maximum Gasteiger partial charge on any atom is 0.338 e. The van der Waals surface area contributed by atoms with Crippen molar-refractivity contribution in [2.75, 3.05) is 24.3 Å². The van der Waals surface area contributed by atoms with Gasteiger partial charge in [-0.2, -0.15) is 0 Å². The summed E-state index contributed by atoms with van der Waals surface area (Å²) in [6, 6.07) is 7.71. The zero-order valence-corrected chi connectivity index (χ0v) is 22.9. The van der Waals surface area contributed by atoms with Crippen molar-refractivity contribution < 1.29 is 28.3 Å². The number of carbonyl (C=O) groups is 3. The number of aromatic nitrogens is 2. The molecule has 0 radical (unpaired) electrons. The molecule has 0 atom stereocenters. The number of esters is 2. The largest absolute Gasteiger partial charge is 0.464 e. The first-order valence-electron chi connectivity index (χ1n) is 11.9. The van der Waals surface area contributed by atoms with E-state index in [1.807, 2.05) is 5.38 Å². The van der Waals surface area contributed by atoms with Gasteiger partial charge in [0, 0.05) is 23.2 Å². The third-order valence-electron chi connectivity index (χ3n) is 5.33. The number of hydrogen-bond donors (Lipinski definition) is 1. The van der Waals surface area contributed by atoms with Crippen molar-refractivity contribution in [3.8, 4) is 11.3 Å². The highest BCUT2D eigenvalue weighted by molar-refractivity contribution is 7.99. The number of ether oxygens (including phenoxy) is 2. The second-order valence-electron chi connectivity index (χ2n) is 7.98. The van der Waals surface area contributed by atoms with Crippen LogP contribution in [0.15, 0.2) is 69.0 Å². The Kier molecular flexibility index (Phi) is 8.99. The Hall–Kier alpha value is -4.16. The summed E-state index contributed by atoms with van der Waals surface area (Å²) in [5.41, 5.74) is 0.812. The number of thiophene rings is 1. The number of anilines is 1. The molecule has 0 fully saturated rings. The molecule has 0 unspecified atom stereocenters. The first-order valence-corrected chi connectivity index (χ1v) is 13.8. The van der Waals surface area contributed by atoms with E-state index in [1.54, 1.807) is 32.1 Å². The number of allylic oxidation sites excluding steroid dienone is 1. The van der Waals surface area contributed by atoms with Gasteiger partial charge in [-0.25, -0.2) is 14.6 Å². The van der Waals surface area contributed by atoms with Gasteiger partial charge in [-0.15, -0.1) is 17.9 Å². The molecule has 3 heterocycles. The molecule has 0 aliphatic rings. The molecule has 3 aromatic heterocycles. The van der Waals surface area contributed by atoms with Crippen LogP contribution >= 0.6 is 23.1 Å². The van der Waals surface area contributed by atoms with Gasteiger partial charge in [-0.3, -0.25) is 14.2 Å². The van der Waals surface area contributed by atoms with Crippen LogP contribution in [-0.2, 0) is 20.8 Å². The van der Waals surface area contributed by atoms with Gasteiger partial charge in [0.1, 0.15) is 10.6 Å². The maximum absolute atomic E-state index is 13.4. The van der Waals surface area contributed by atoms with Gasteiger partial charge in [0.15, 0.2) is 5.16 Å². The van der Waals surface area contributed by atoms with Crippen LogP contribution in [0, 0.1) is 0 Å². The monoisotopic (exact) mass is 567 g/mol. The summed E-state index contributed by atoms with van der Waals surface area (Å²) in [7, 11) is 0. The number of amides is 1. The minimum atomic E-state index is -0.635. The van der Waals surface area contributed by atoms with Crippen LogP contribution in [0.1, 0.15) is 34.6 Å². The van der Waals surface area contributed by atoms with E-state index in [1.165, 1.54) is 40.4 Å². The molecule has 0 aliphatic carbocycles. The lowest BCUT2D eigenvalue weighted by atomic mass is 10.1. The lowest BCUT2D eigenvalue weighted by Crippen LogP contribution is -2.23. The number of hydrogen-bond acceptors (Lipinski definition) is 10. The van der Waals surface area contributed by atoms with Gasteiger partial charge in [-0.05, 0) is 44.2 Å². The van der Waals surface area contributed by atoms with E-state index in [9.17, 15) is 19.2 Å². The van der Waals surface area contributed by atoms with Crippen molar-refractivity contribution in [3.63, 3.8) is 0 Å². The summed E-state index contributed by atoms with van der Waals surface area (Å²) >= 11 is 2.39. The van der Waals surface area contributed by atoms with E-state index < -0.39 is 17.8 Å². The van der Waals surface area contributed by atoms with E-state index in [-0.39, 0.29) is 47.9 Å². The molecule has 0 saturated carbocycles. The number of benzene rings is 1. The number of thioether (sulfide) groups is 1. The average Bonchev–Trinajstić information content (AvgIpc) is 3.59. The fraction of sp³-hybridized carbons (Fsp3) is 0.222. The van der Waals surface area contributed by atoms with Crippen LogP contribution < -0.4 is 10.9 Å². The number of nitrogens with zero attached hydrogens (tertiary/aromatic N) is 2. The zero-order chi connectivity index (χ0) is 27.9. The summed E-state index contributed by atoms with van der Waals surface area (Å²) in [6.07, 6.45) is 3.12. The Morgan fingerprint density at radius 2 is 1.85 bits per heavy atom. The second kappa shape index (κ2) is 12.6. The fourth-order valence-corrected chi connectivity index (χ4v) is 5.49. The first kappa shape index (κ1) is 27.9. The predicted molar refractivity (Wildman–Crippen MR) is 149 cm³/mol. The number of furan rings is 1. The van der Waals surface area contributed by atoms with Gasteiger partial charge in [0.25, 0.3) is 5.56 Å². The highest BCUT2D eigenvalue weighted by atomic mass is 32.2. The second-order valence-corrected chi connectivity index (χ2v) is 9.78. The Balaban J connectivity index is 1.58. The van der Waals surface area contributed by atoms with Crippen LogP contribution in [0.2, 0.25) is 0 Å². The van der Waals surface area contributed by atoms with Gasteiger partial charge in [-0.1, -0.05) is 17.8 Å². The molecule has 0 bridgehead atoms. The summed E-state index contributed by atoms with van der Waals surface area (Å²) in [5, 5.41) is 5.29. The molecule has 4 aromatic rings. The van der Waals surface area contributed by atoms with Crippen molar-refractivity contribution in [3.05, 3.63) is 76.1 Å². The molecule has 1 N–H and O–H groups in total. The molecule has 0 saturated heterocycles. The Morgan fingerprint density at radius 1 is 1.15 bits per heavy atom. The third-order valence-corrected chi connectivity index (χ3v) is 7.18.